The number of hydrazone groups is 1. The molecule has 0 spiro atoms. The van der Waals surface area contributed by atoms with E-state index in [9.17, 15) is 14.4 Å². The van der Waals surface area contributed by atoms with Crippen LogP contribution in [0.3, 0.4) is 0 Å². The van der Waals surface area contributed by atoms with Crippen molar-refractivity contribution in [2.45, 2.75) is 13.8 Å². The normalized spacial score (nSPS) is 10.5. The molecular weight excluding hydrogens is 448 g/mol. The van der Waals surface area contributed by atoms with E-state index < -0.39 is 11.8 Å². The molecule has 0 aliphatic heterocycles. The molecule has 3 N–H and O–H groups in total. The van der Waals surface area contributed by atoms with Gasteiger partial charge >= 0.3 is 11.8 Å². The second-order valence-corrected chi connectivity index (χ2v) is 7.61. The third kappa shape index (κ3) is 7.71. The summed E-state index contributed by atoms with van der Waals surface area (Å²) < 4.78 is 10.6. The van der Waals surface area contributed by atoms with Gasteiger partial charge in [0.2, 0.25) is 0 Å². The smallest absolute Gasteiger partial charge is 0.329 e. The number of nitrogens with zero attached hydrogens (tertiary/aromatic N) is 1. The zero-order valence-corrected chi connectivity index (χ0v) is 19.6. The number of ether oxygens (including phenoxy) is 2. The van der Waals surface area contributed by atoms with E-state index in [1.54, 1.807) is 48.5 Å². The molecular formula is C26H26N4O5. The minimum absolute atomic E-state index is 0.140. The van der Waals surface area contributed by atoms with Gasteiger partial charge in [-0.2, -0.15) is 5.10 Å². The van der Waals surface area contributed by atoms with Crippen LogP contribution in [0.15, 0.2) is 71.8 Å². The quantitative estimate of drug-likeness (QED) is 0.263. The predicted molar refractivity (Wildman–Crippen MR) is 134 cm³/mol. The van der Waals surface area contributed by atoms with Crippen molar-refractivity contribution in [3.63, 3.8) is 0 Å². The Labute approximate surface area is 203 Å². The van der Waals surface area contributed by atoms with E-state index in [1.165, 1.54) is 13.3 Å². The molecule has 9 nitrogen and oxygen atoms in total. The first-order valence-electron chi connectivity index (χ1n) is 10.7. The van der Waals surface area contributed by atoms with Crippen LogP contribution in [0.25, 0.3) is 0 Å². The van der Waals surface area contributed by atoms with Crippen molar-refractivity contribution in [2.75, 3.05) is 24.4 Å². The van der Waals surface area contributed by atoms with Crippen LogP contribution in [-0.2, 0) is 14.4 Å². The van der Waals surface area contributed by atoms with Crippen molar-refractivity contribution in [3.8, 4) is 11.5 Å². The maximum atomic E-state index is 12.2. The molecule has 3 aromatic carbocycles. The van der Waals surface area contributed by atoms with Gasteiger partial charge in [-0.15, -0.1) is 0 Å². The van der Waals surface area contributed by atoms with Crippen molar-refractivity contribution >= 4 is 35.3 Å². The third-order valence-corrected chi connectivity index (χ3v) is 4.82. The summed E-state index contributed by atoms with van der Waals surface area (Å²) in [4.78, 5) is 36.1. The first kappa shape index (κ1) is 25.0. The Kier molecular flexibility index (Phi) is 8.55. The molecule has 0 saturated heterocycles. The van der Waals surface area contributed by atoms with Gasteiger partial charge in [-0.25, -0.2) is 5.43 Å². The highest BCUT2D eigenvalue weighted by Gasteiger charge is 2.13. The Morgan fingerprint density at radius 2 is 1.66 bits per heavy atom. The summed E-state index contributed by atoms with van der Waals surface area (Å²) in [5.74, 6) is -0.995. The summed E-state index contributed by atoms with van der Waals surface area (Å²) in [5, 5.41) is 9.07. The predicted octanol–water partition coefficient (Wildman–Crippen LogP) is 3.42. The maximum Gasteiger partial charge on any atom is 0.329 e. The van der Waals surface area contributed by atoms with Crippen LogP contribution in [-0.4, -0.2) is 37.7 Å². The first-order chi connectivity index (χ1) is 16.8. The zero-order chi connectivity index (χ0) is 25.2. The first-order valence-corrected chi connectivity index (χ1v) is 10.7. The van der Waals surface area contributed by atoms with Crippen LogP contribution in [0.1, 0.15) is 16.7 Å². The lowest BCUT2D eigenvalue weighted by Crippen LogP contribution is -2.32. The van der Waals surface area contributed by atoms with E-state index in [0.29, 0.717) is 22.7 Å². The molecule has 3 aromatic rings. The number of rotatable bonds is 8. The van der Waals surface area contributed by atoms with E-state index in [2.05, 4.69) is 21.2 Å². The molecule has 0 aliphatic carbocycles. The van der Waals surface area contributed by atoms with E-state index in [-0.39, 0.29) is 12.5 Å². The van der Waals surface area contributed by atoms with Gasteiger partial charge in [0.15, 0.2) is 6.61 Å². The molecule has 0 atom stereocenters. The maximum absolute atomic E-state index is 12.2. The van der Waals surface area contributed by atoms with Crippen molar-refractivity contribution in [1.29, 1.82) is 0 Å². The van der Waals surface area contributed by atoms with Crippen molar-refractivity contribution < 1.29 is 23.9 Å². The molecule has 180 valence electrons. The lowest BCUT2D eigenvalue weighted by Gasteiger charge is -2.10. The largest absolute Gasteiger partial charge is 0.497 e. The van der Waals surface area contributed by atoms with Gasteiger partial charge < -0.3 is 20.1 Å². The van der Waals surface area contributed by atoms with Crippen LogP contribution in [0.2, 0.25) is 0 Å². The number of hydrogen-bond donors (Lipinski definition) is 3. The highest BCUT2D eigenvalue weighted by molar-refractivity contribution is 6.39. The molecule has 35 heavy (non-hydrogen) atoms. The number of amides is 3. The van der Waals surface area contributed by atoms with E-state index in [0.717, 1.165) is 16.8 Å². The minimum Gasteiger partial charge on any atom is -0.497 e. The number of carbonyl (C=O) groups excluding carboxylic acids is 3. The highest BCUT2D eigenvalue weighted by atomic mass is 16.5. The lowest BCUT2D eigenvalue weighted by atomic mass is 10.1. The molecule has 0 saturated carbocycles. The van der Waals surface area contributed by atoms with Crippen LogP contribution < -0.4 is 25.5 Å². The Hall–Kier alpha value is -4.66. The molecule has 0 radical (unpaired) electrons. The molecule has 0 bridgehead atoms. The average Bonchev–Trinajstić information content (AvgIpc) is 2.85. The zero-order valence-electron chi connectivity index (χ0n) is 19.6. The van der Waals surface area contributed by atoms with E-state index in [1.807, 2.05) is 32.0 Å². The second kappa shape index (κ2) is 12.0. The minimum atomic E-state index is -0.918. The van der Waals surface area contributed by atoms with E-state index in [4.69, 9.17) is 9.47 Å². The average molecular weight is 475 g/mol. The standard InChI is InChI=1S/C26H26N4O5/c1-17-7-12-23(18(2)13-17)29-24(31)16-35-21-10-8-19(9-11-21)15-27-30-26(33)25(32)28-20-5-4-6-22(14-20)34-3/h4-15H,16H2,1-3H3,(H,28,32)(H,29,31)(H,30,33)/b27-15-. The van der Waals surface area contributed by atoms with Crippen LogP contribution in [0.5, 0.6) is 11.5 Å². The number of hydrogen-bond acceptors (Lipinski definition) is 6. The number of anilines is 2. The summed E-state index contributed by atoms with van der Waals surface area (Å²) in [6.07, 6.45) is 1.38. The van der Waals surface area contributed by atoms with Crippen LogP contribution in [0, 0.1) is 13.8 Å². The van der Waals surface area contributed by atoms with Gasteiger partial charge in [-0.1, -0.05) is 23.8 Å². The monoisotopic (exact) mass is 474 g/mol. The highest BCUT2D eigenvalue weighted by Crippen LogP contribution is 2.17. The fourth-order valence-corrected chi connectivity index (χ4v) is 3.04. The van der Waals surface area contributed by atoms with E-state index >= 15 is 0 Å². The fraction of sp³-hybridized carbons (Fsp3) is 0.154. The molecule has 0 aromatic heterocycles. The number of aryl methyl sites for hydroxylation is 2. The SMILES string of the molecule is COc1cccc(NC(=O)C(=O)N/N=C\c2ccc(OCC(=O)Nc3ccc(C)cc3C)cc2)c1. The molecule has 0 unspecified atom stereocenters. The number of methoxy groups -OCH3 is 1. The van der Waals surface area contributed by atoms with Gasteiger partial charge in [0.1, 0.15) is 11.5 Å². The number of nitrogens with one attached hydrogen (secondary N) is 3. The summed E-state index contributed by atoms with van der Waals surface area (Å²) in [6, 6.07) is 19.1. The molecule has 3 amide bonds. The summed E-state index contributed by atoms with van der Waals surface area (Å²) in [6.45, 7) is 3.78. The topological polar surface area (TPSA) is 118 Å². The molecule has 9 heteroatoms. The Morgan fingerprint density at radius 3 is 2.37 bits per heavy atom. The van der Waals surface area contributed by atoms with Gasteiger partial charge in [-0.05, 0) is 67.4 Å². The number of carbonyl (C=O) groups is 3. The second-order valence-electron chi connectivity index (χ2n) is 7.61. The lowest BCUT2D eigenvalue weighted by molar-refractivity contribution is -0.136. The summed E-state index contributed by atoms with van der Waals surface area (Å²) >= 11 is 0. The molecule has 0 fully saturated rings. The van der Waals surface area contributed by atoms with Crippen LogP contribution in [0.4, 0.5) is 11.4 Å². The summed E-state index contributed by atoms with van der Waals surface area (Å²) in [5.41, 5.74) is 6.10. The van der Waals surface area contributed by atoms with Gasteiger partial charge in [0, 0.05) is 17.4 Å². The molecule has 3 rings (SSSR count). The number of benzene rings is 3. The Morgan fingerprint density at radius 1 is 0.886 bits per heavy atom. The van der Waals surface area contributed by atoms with Gasteiger partial charge in [0.05, 0.1) is 13.3 Å². The molecule has 0 heterocycles. The van der Waals surface area contributed by atoms with Gasteiger partial charge in [0.25, 0.3) is 5.91 Å². The van der Waals surface area contributed by atoms with Crippen molar-refractivity contribution in [1.82, 2.24) is 5.43 Å². The van der Waals surface area contributed by atoms with Gasteiger partial charge in [-0.3, -0.25) is 14.4 Å². The fourth-order valence-electron chi connectivity index (χ4n) is 3.04. The third-order valence-electron chi connectivity index (χ3n) is 4.82. The van der Waals surface area contributed by atoms with Crippen molar-refractivity contribution in [2.24, 2.45) is 5.10 Å². The summed E-state index contributed by atoms with van der Waals surface area (Å²) in [7, 11) is 1.51. The van der Waals surface area contributed by atoms with Crippen LogP contribution >= 0.6 is 0 Å². The Bertz CT molecular complexity index is 1240. The molecule has 0 aliphatic rings. The Balaban J connectivity index is 1.44. The van der Waals surface area contributed by atoms with Crippen molar-refractivity contribution in [3.05, 3.63) is 83.4 Å².